The van der Waals surface area contributed by atoms with E-state index in [-0.39, 0.29) is 18.2 Å². The number of rotatable bonds is 4. The second-order valence-electron chi connectivity index (χ2n) is 7.04. The number of thiazole rings is 1. The molecule has 1 aliphatic rings. The Balaban J connectivity index is 1.50. The van der Waals surface area contributed by atoms with E-state index < -0.39 is 5.92 Å². The summed E-state index contributed by atoms with van der Waals surface area (Å²) < 4.78 is 6.17. The molecule has 0 radical (unpaired) electrons. The highest BCUT2D eigenvalue weighted by molar-refractivity contribution is 7.22. The third kappa shape index (κ3) is 3.45. The predicted octanol–water partition coefficient (Wildman–Crippen LogP) is 3.91. The summed E-state index contributed by atoms with van der Waals surface area (Å²) in [6, 6.07) is 11.6. The fraction of sp³-hybridized carbons (Fsp3) is 0.286. The molecule has 2 amide bonds. The minimum atomic E-state index is -0.394. The van der Waals surface area contributed by atoms with Crippen molar-refractivity contribution in [1.82, 2.24) is 4.98 Å². The number of ether oxygens (including phenoxy) is 1. The van der Waals surface area contributed by atoms with Gasteiger partial charge in [0.15, 0.2) is 5.13 Å². The first kappa shape index (κ1) is 18.4. The lowest BCUT2D eigenvalue weighted by Gasteiger charge is -2.19. The van der Waals surface area contributed by atoms with Gasteiger partial charge in [0.2, 0.25) is 11.8 Å². The number of nitrogens with zero attached hydrogens (tertiary/aromatic N) is 2. The fourth-order valence-corrected chi connectivity index (χ4v) is 4.32. The third-order valence-electron chi connectivity index (χ3n) is 4.98. The largest absolute Gasteiger partial charge is 0.497 e. The van der Waals surface area contributed by atoms with Gasteiger partial charge in [-0.25, -0.2) is 4.98 Å². The molecule has 2 heterocycles. The van der Waals surface area contributed by atoms with E-state index in [9.17, 15) is 9.59 Å². The molecule has 3 aromatic rings. The molecular formula is C21H21N3O3S. The average Bonchev–Trinajstić information content (AvgIpc) is 3.25. The first-order valence-electron chi connectivity index (χ1n) is 9.07. The number of nitrogens with one attached hydrogen (secondary N) is 1. The van der Waals surface area contributed by atoms with Crippen LogP contribution in [-0.2, 0) is 9.59 Å². The monoisotopic (exact) mass is 395 g/mol. The lowest BCUT2D eigenvalue weighted by Crippen LogP contribution is -2.28. The van der Waals surface area contributed by atoms with Crippen LogP contribution in [0, 0.1) is 19.8 Å². The van der Waals surface area contributed by atoms with E-state index in [1.165, 1.54) is 11.3 Å². The second-order valence-corrected chi connectivity index (χ2v) is 8.07. The van der Waals surface area contributed by atoms with Crippen LogP contribution < -0.4 is 15.0 Å². The molecule has 6 nitrogen and oxygen atoms in total. The Hall–Kier alpha value is -2.93. The Morgan fingerprint density at radius 1 is 1.25 bits per heavy atom. The van der Waals surface area contributed by atoms with Gasteiger partial charge in [0, 0.05) is 18.7 Å². The van der Waals surface area contributed by atoms with E-state index >= 15 is 0 Å². The molecule has 1 fully saturated rings. The molecule has 1 unspecified atom stereocenters. The standard InChI is InChI=1S/C21H21N3O3S/c1-12-4-5-13(2)17(8-12)24-11-14(9-19(24)25)20(26)23-21-22-16-7-6-15(27-3)10-18(16)28-21/h4-8,10,14H,9,11H2,1-3H3,(H,22,23,26). The average molecular weight is 395 g/mol. The van der Waals surface area contributed by atoms with Crippen LogP contribution >= 0.6 is 11.3 Å². The van der Waals surface area contributed by atoms with Gasteiger partial charge in [-0.05, 0) is 49.2 Å². The zero-order chi connectivity index (χ0) is 19.8. The molecule has 0 spiro atoms. The van der Waals surface area contributed by atoms with E-state index in [2.05, 4.69) is 10.3 Å². The Kier molecular flexibility index (Phi) is 4.77. The predicted molar refractivity (Wildman–Crippen MR) is 111 cm³/mol. The maximum absolute atomic E-state index is 12.7. The first-order valence-corrected chi connectivity index (χ1v) is 9.89. The molecule has 7 heteroatoms. The summed E-state index contributed by atoms with van der Waals surface area (Å²) in [4.78, 5) is 31.4. The van der Waals surface area contributed by atoms with Crippen molar-refractivity contribution in [3.05, 3.63) is 47.5 Å². The molecule has 0 saturated carbocycles. The van der Waals surface area contributed by atoms with Gasteiger partial charge in [-0.15, -0.1) is 0 Å². The van der Waals surface area contributed by atoms with Crippen molar-refractivity contribution < 1.29 is 14.3 Å². The summed E-state index contributed by atoms with van der Waals surface area (Å²) in [6.45, 7) is 4.36. The van der Waals surface area contributed by atoms with Crippen molar-refractivity contribution in [1.29, 1.82) is 0 Å². The van der Waals surface area contributed by atoms with Crippen molar-refractivity contribution in [2.75, 3.05) is 23.9 Å². The Morgan fingerprint density at radius 2 is 2.07 bits per heavy atom. The van der Waals surface area contributed by atoms with Gasteiger partial charge < -0.3 is 15.0 Å². The highest BCUT2D eigenvalue weighted by Gasteiger charge is 2.36. The van der Waals surface area contributed by atoms with E-state index in [1.807, 2.05) is 50.2 Å². The number of fused-ring (bicyclic) bond motifs is 1. The number of carbonyl (C=O) groups is 2. The quantitative estimate of drug-likeness (QED) is 0.727. The number of hydrogen-bond acceptors (Lipinski definition) is 5. The van der Waals surface area contributed by atoms with Crippen molar-refractivity contribution in [3.8, 4) is 5.75 Å². The molecule has 28 heavy (non-hydrogen) atoms. The minimum absolute atomic E-state index is 0.0251. The normalized spacial score (nSPS) is 16.6. The molecule has 1 aliphatic heterocycles. The van der Waals surface area contributed by atoms with Crippen LogP contribution in [0.15, 0.2) is 36.4 Å². The maximum atomic E-state index is 12.7. The van der Waals surface area contributed by atoms with E-state index in [0.717, 1.165) is 32.8 Å². The van der Waals surface area contributed by atoms with Gasteiger partial charge in [0.05, 0.1) is 23.2 Å². The van der Waals surface area contributed by atoms with Crippen molar-refractivity contribution in [3.63, 3.8) is 0 Å². The number of anilines is 2. The van der Waals surface area contributed by atoms with Crippen LogP contribution in [0.5, 0.6) is 5.75 Å². The number of benzene rings is 2. The number of amides is 2. The highest BCUT2D eigenvalue weighted by Crippen LogP contribution is 2.32. The van der Waals surface area contributed by atoms with E-state index in [4.69, 9.17) is 4.74 Å². The second kappa shape index (κ2) is 7.24. The number of aryl methyl sites for hydroxylation is 2. The van der Waals surface area contributed by atoms with Crippen molar-refractivity contribution in [2.24, 2.45) is 5.92 Å². The fourth-order valence-electron chi connectivity index (χ4n) is 3.42. The lowest BCUT2D eigenvalue weighted by molar-refractivity contribution is -0.122. The number of aromatic nitrogens is 1. The van der Waals surface area contributed by atoms with Gasteiger partial charge >= 0.3 is 0 Å². The zero-order valence-electron chi connectivity index (χ0n) is 16.0. The van der Waals surface area contributed by atoms with Gasteiger partial charge in [0.1, 0.15) is 5.75 Å². The molecule has 0 bridgehead atoms. The molecule has 0 aliphatic carbocycles. The molecule has 2 aromatic carbocycles. The van der Waals surface area contributed by atoms with Crippen LogP contribution in [-0.4, -0.2) is 30.5 Å². The summed E-state index contributed by atoms with van der Waals surface area (Å²) >= 11 is 1.39. The maximum Gasteiger partial charge on any atom is 0.231 e. The number of hydrogen-bond donors (Lipinski definition) is 1. The first-order chi connectivity index (χ1) is 13.4. The smallest absolute Gasteiger partial charge is 0.231 e. The van der Waals surface area contributed by atoms with Crippen LogP contribution in [0.4, 0.5) is 10.8 Å². The van der Waals surface area contributed by atoms with Crippen molar-refractivity contribution >= 4 is 44.2 Å². The molecule has 4 rings (SSSR count). The molecule has 1 atom stereocenters. The van der Waals surface area contributed by atoms with Crippen molar-refractivity contribution in [2.45, 2.75) is 20.3 Å². The minimum Gasteiger partial charge on any atom is -0.497 e. The Labute approximate surface area is 167 Å². The van der Waals surface area contributed by atoms with E-state index in [1.54, 1.807) is 12.0 Å². The molecule has 1 N–H and O–H groups in total. The van der Waals surface area contributed by atoms with Gasteiger partial charge in [-0.2, -0.15) is 0 Å². The summed E-state index contributed by atoms with van der Waals surface area (Å²) in [5, 5.41) is 3.41. The zero-order valence-corrected chi connectivity index (χ0v) is 16.8. The topological polar surface area (TPSA) is 71.5 Å². The number of carbonyl (C=O) groups excluding carboxylic acids is 2. The molecule has 1 saturated heterocycles. The van der Waals surface area contributed by atoms with Crippen LogP contribution in [0.1, 0.15) is 17.5 Å². The lowest BCUT2D eigenvalue weighted by atomic mass is 10.1. The highest BCUT2D eigenvalue weighted by atomic mass is 32.1. The summed E-state index contributed by atoms with van der Waals surface area (Å²) in [5.74, 6) is 0.156. The van der Waals surface area contributed by atoms with Gasteiger partial charge in [-0.3, -0.25) is 9.59 Å². The van der Waals surface area contributed by atoms with Crippen LogP contribution in [0.2, 0.25) is 0 Å². The van der Waals surface area contributed by atoms with E-state index in [0.29, 0.717) is 11.7 Å². The molecular weight excluding hydrogens is 374 g/mol. The van der Waals surface area contributed by atoms with Gasteiger partial charge in [0.25, 0.3) is 0 Å². The van der Waals surface area contributed by atoms with Crippen LogP contribution in [0.25, 0.3) is 10.2 Å². The Morgan fingerprint density at radius 3 is 2.86 bits per heavy atom. The third-order valence-corrected chi connectivity index (χ3v) is 5.91. The van der Waals surface area contributed by atoms with Crippen LogP contribution in [0.3, 0.4) is 0 Å². The number of methoxy groups -OCH3 is 1. The summed E-state index contributed by atoms with van der Waals surface area (Å²) in [5.41, 5.74) is 3.80. The summed E-state index contributed by atoms with van der Waals surface area (Å²) in [7, 11) is 1.61. The molecule has 1 aromatic heterocycles. The van der Waals surface area contributed by atoms with Gasteiger partial charge in [-0.1, -0.05) is 23.5 Å². The SMILES string of the molecule is COc1ccc2nc(NC(=O)C3CC(=O)N(c4cc(C)ccc4C)C3)sc2c1. The summed E-state index contributed by atoms with van der Waals surface area (Å²) in [6.07, 6.45) is 0.206. The Bertz CT molecular complexity index is 1080. The molecule has 144 valence electrons.